The number of carbonyl (C=O) groups is 1. The SMILES string of the molecule is Cc1c[n+](CC(=O)c2ccc(I)cc2)c(C)s1. The number of benzene rings is 1. The summed E-state index contributed by atoms with van der Waals surface area (Å²) in [6, 6.07) is 7.70. The number of aromatic nitrogens is 1. The maximum absolute atomic E-state index is 12.1. The highest BCUT2D eigenvalue weighted by Crippen LogP contribution is 2.10. The van der Waals surface area contributed by atoms with Gasteiger partial charge in [0.1, 0.15) is 0 Å². The van der Waals surface area contributed by atoms with E-state index in [1.54, 1.807) is 11.3 Å². The smallest absolute Gasteiger partial charge is 0.234 e. The van der Waals surface area contributed by atoms with Crippen molar-refractivity contribution in [1.82, 2.24) is 0 Å². The highest BCUT2D eigenvalue weighted by Gasteiger charge is 2.16. The summed E-state index contributed by atoms with van der Waals surface area (Å²) in [5.41, 5.74) is 0.779. The number of aryl methyl sites for hydroxylation is 2. The Labute approximate surface area is 118 Å². The second-order valence-corrected chi connectivity index (χ2v) is 6.60. The van der Waals surface area contributed by atoms with Crippen LogP contribution in [0, 0.1) is 17.4 Å². The van der Waals surface area contributed by atoms with E-state index in [4.69, 9.17) is 0 Å². The van der Waals surface area contributed by atoms with Gasteiger partial charge in [0.25, 0.3) is 0 Å². The molecule has 1 heterocycles. The van der Waals surface area contributed by atoms with Crippen molar-refractivity contribution in [3.8, 4) is 0 Å². The first-order valence-electron chi connectivity index (χ1n) is 5.31. The molecule has 2 aromatic rings. The molecule has 0 spiro atoms. The molecule has 2 nitrogen and oxygen atoms in total. The fourth-order valence-electron chi connectivity index (χ4n) is 1.67. The van der Waals surface area contributed by atoms with E-state index in [2.05, 4.69) is 29.5 Å². The number of hydrogen-bond acceptors (Lipinski definition) is 2. The fourth-order valence-corrected chi connectivity index (χ4v) is 2.91. The Morgan fingerprint density at radius 2 is 1.94 bits per heavy atom. The predicted molar refractivity (Wildman–Crippen MR) is 77.5 cm³/mol. The first-order chi connectivity index (χ1) is 8.06. The van der Waals surface area contributed by atoms with Crippen molar-refractivity contribution in [2.45, 2.75) is 20.4 Å². The molecule has 88 valence electrons. The first-order valence-corrected chi connectivity index (χ1v) is 7.21. The lowest BCUT2D eigenvalue weighted by Crippen LogP contribution is -2.38. The standard InChI is InChI=1S/C13H13INOS/c1-9-7-15(10(2)17-9)8-13(16)11-3-5-12(14)6-4-11/h3-7H,8H2,1-2H3/q+1. The molecule has 4 heteroatoms. The maximum atomic E-state index is 12.1. The summed E-state index contributed by atoms with van der Waals surface area (Å²) in [7, 11) is 0. The Kier molecular flexibility index (Phi) is 3.93. The number of Topliss-reactive ketones (excluding diaryl/α,β-unsaturated/α-hetero) is 1. The highest BCUT2D eigenvalue weighted by molar-refractivity contribution is 14.1. The van der Waals surface area contributed by atoms with Crippen LogP contribution >= 0.6 is 33.9 Å². The lowest BCUT2D eigenvalue weighted by atomic mass is 10.1. The van der Waals surface area contributed by atoms with Gasteiger partial charge in [-0.3, -0.25) is 4.79 Å². The van der Waals surface area contributed by atoms with Gasteiger partial charge in [-0.05, 0) is 41.6 Å². The van der Waals surface area contributed by atoms with E-state index >= 15 is 0 Å². The van der Waals surface area contributed by atoms with Gasteiger partial charge in [0, 0.05) is 16.1 Å². The van der Waals surface area contributed by atoms with Crippen LogP contribution in [0.1, 0.15) is 20.2 Å². The molecule has 0 radical (unpaired) electrons. The highest BCUT2D eigenvalue weighted by atomic mass is 127. The zero-order valence-corrected chi connectivity index (χ0v) is 12.7. The van der Waals surface area contributed by atoms with Crippen molar-refractivity contribution in [1.29, 1.82) is 0 Å². The minimum Gasteiger partial charge on any atom is -0.287 e. The van der Waals surface area contributed by atoms with Crippen LogP contribution in [-0.2, 0) is 6.54 Å². The molecule has 0 saturated heterocycles. The number of rotatable bonds is 3. The Balaban J connectivity index is 2.17. The molecule has 0 aliphatic carbocycles. The van der Waals surface area contributed by atoms with E-state index in [1.807, 2.05) is 42.0 Å². The molecule has 0 aliphatic rings. The minimum absolute atomic E-state index is 0.160. The summed E-state index contributed by atoms with van der Waals surface area (Å²) in [6.45, 7) is 4.53. The van der Waals surface area contributed by atoms with Gasteiger partial charge in [0.15, 0.2) is 6.20 Å². The number of carbonyl (C=O) groups excluding carboxylic acids is 1. The van der Waals surface area contributed by atoms with Gasteiger partial charge in [-0.2, -0.15) is 4.57 Å². The van der Waals surface area contributed by atoms with Gasteiger partial charge < -0.3 is 0 Å². The molecule has 0 bridgehead atoms. The molecule has 0 unspecified atom stereocenters. The topological polar surface area (TPSA) is 20.9 Å². The van der Waals surface area contributed by atoms with Crippen molar-refractivity contribution in [3.05, 3.63) is 49.5 Å². The summed E-state index contributed by atoms with van der Waals surface area (Å²) < 4.78 is 3.16. The lowest BCUT2D eigenvalue weighted by molar-refractivity contribution is -0.684. The van der Waals surface area contributed by atoms with Crippen LogP contribution in [0.25, 0.3) is 0 Å². The van der Waals surface area contributed by atoms with Crippen LogP contribution in [-0.4, -0.2) is 5.78 Å². The molecule has 0 amide bonds. The molecular weight excluding hydrogens is 345 g/mol. The normalized spacial score (nSPS) is 10.5. The summed E-state index contributed by atoms with van der Waals surface area (Å²) in [4.78, 5) is 13.3. The van der Waals surface area contributed by atoms with E-state index in [9.17, 15) is 4.79 Å². The zero-order valence-electron chi connectivity index (χ0n) is 9.74. The van der Waals surface area contributed by atoms with Crippen LogP contribution in [0.2, 0.25) is 0 Å². The number of hydrogen-bond donors (Lipinski definition) is 0. The summed E-state index contributed by atoms with van der Waals surface area (Å²) in [5, 5.41) is 1.17. The molecule has 0 fully saturated rings. The molecule has 2 rings (SSSR count). The van der Waals surface area contributed by atoms with Gasteiger partial charge in [-0.15, -0.1) is 0 Å². The second kappa shape index (κ2) is 5.27. The van der Waals surface area contributed by atoms with Gasteiger partial charge in [-0.1, -0.05) is 23.5 Å². The van der Waals surface area contributed by atoms with Gasteiger partial charge >= 0.3 is 0 Å². The minimum atomic E-state index is 0.160. The maximum Gasteiger partial charge on any atom is 0.234 e. The molecular formula is C13H13INOS+. The largest absolute Gasteiger partial charge is 0.287 e. The van der Waals surface area contributed by atoms with Crippen molar-refractivity contribution < 1.29 is 9.36 Å². The van der Waals surface area contributed by atoms with E-state index in [0.717, 1.165) is 9.13 Å². The van der Waals surface area contributed by atoms with E-state index in [-0.39, 0.29) is 5.78 Å². The molecule has 0 atom stereocenters. The molecule has 0 saturated carbocycles. The Morgan fingerprint density at radius 3 is 2.47 bits per heavy atom. The van der Waals surface area contributed by atoms with Crippen molar-refractivity contribution in [3.63, 3.8) is 0 Å². The monoisotopic (exact) mass is 358 g/mol. The molecule has 1 aromatic carbocycles. The van der Waals surface area contributed by atoms with E-state index < -0.39 is 0 Å². The second-order valence-electron chi connectivity index (χ2n) is 3.92. The van der Waals surface area contributed by atoms with Crippen LogP contribution in [0.15, 0.2) is 30.5 Å². The zero-order chi connectivity index (χ0) is 12.4. The van der Waals surface area contributed by atoms with Crippen LogP contribution < -0.4 is 4.57 Å². The number of ketones is 1. The third kappa shape index (κ3) is 3.13. The summed E-state index contributed by atoms with van der Waals surface area (Å²) in [6.07, 6.45) is 2.03. The van der Waals surface area contributed by atoms with Crippen LogP contribution in [0.4, 0.5) is 0 Å². The number of thiazole rings is 1. The quantitative estimate of drug-likeness (QED) is 0.469. The van der Waals surface area contributed by atoms with Crippen LogP contribution in [0.3, 0.4) is 0 Å². The Bertz CT molecular complexity index is 545. The van der Waals surface area contributed by atoms with Crippen molar-refractivity contribution in [2.24, 2.45) is 0 Å². The first kappa shape index (κ1) is 12.7. The van der Waals surface area contributed by atoms with E-state index in [0.29, 0.717) is 6.54 Å². The summed E-state index contributed by atoms with van der Waals surface area (Å²) >= 11 is 3.96. The third-order valence-electron chi connectivity index (χ3n) is 2.53. The van der Waals surface area contributed by atoms with Crippen molar-refractivity contribution >= 4 is 39.7 Å². The predicted octanol–water partition coefficient (Wildman–Crippen LogP) is 3.14. The Hall–Kier alpha value is -0.750. The van der Waals surface area contributed by atoms with Gasteiger partial charge in [-0.25, -0.2) is 0 Å². The summed E-state index contributed by atoms with van der Waals surface area (Å²) in [5.74, 6) is 0.160. The number of nitrogens with zero attached hydrogens (tertiary/aromatic N) is 1. The molecule has 0 N–H and O–H groups in total. The van der Waals surface area contributed by atoms with Gasteiger partial charge in [0.2, 0.25) is 17.3 Å². The number of halogens is 1. The molecule has 1 aromatic heterocycles. The molecule has 17 heavy (non-hydrogen) atoms. The van der Waals surface area contributed by atoms with Gasteiger partial charge in [0.05, 0.1) is 4.88 Å². The average Bonchev–Trinajstić information content (AvgIpc) is 2.58. The Morgan fingerprint density at radius 1 is 1.29 bits per heavy atom. The lowest BCUT2D eigenvalue weighted by Gasteiger charge is -1.97. The fraction of sp³-hybridized carbons (Fsp3) is 0.231. The van der Waals surface area contributed by atoms with Crippen LogP contribution in [0.5, 0.6) is 0 Å². The van der Waals surface area contributed by atoms with E-state index in [1.165, 1.54) is 9.88 Å². The molecule has 0 aliphatic heterocycles. The van der Waals surface area contributed by atoms with Crippen molar-refractivity contribution in [2.75, 3.05) is 0 Å². The average molecular weight is 358 g/mol. The third-order valence-corrected chi connectivity index (χ3v) is 4.21.